The fourth-order valence-corrected chi connectivity index (χ4v) is 2.68. The molecule has 0 amide bonds. The zero-order valence-corrected chi connectivity index (χ0v) is 12.0. The van der Waals surface area contributed by atoms with Crippen molar-refractivity contribution in [1.82, 2.24) is 4.90 Å². The molecule has 2 rings (SSSR count). The molecule has 19 heavy (non-hydrogen) atoms. The highest BCUT2D eigenvalue weighted by Gasteiger charge is 2.14. The first kappa shape index (κ1) is 14.5. The van der Waals surface area contributed by atoms with E-state index in [1.165, 1.54) is 30.4 Å². The van der Waals surface area contributed by atoms with Gasteiger partial charge in [0.1, 0.15) is 0 Å². The summed E-state index contributed by atoms with van der Waals surface area (Å²) in [6.07, 6.45) is 3.75. The fraction of sp³-hybridized carbons (Fsp3) is 0.625. The highest BCUT2D eigenvalue weighted by atomic mass is 16.5. The van der Waals surface area contributed by atoms with Crippen molar-refractivity contribution in [3.8, 4) is 0 Å². The number of hydrogen-bond acceptors (Lipinski definition) is 3. The van der Waals surface area contributed by atoms with Gasteiger partial charge in [0.25, 0.3) is 0 Å². The molecule has 2 N–H and O–H groups in total. The predicted octanol–water partition coefficient (Wildman–Crippen LogP) is 2.39. The van der Waals surface area contributed by atoms with E-state index < -0.39 is 0 Å². The summed E-state index contributed by atoms with van der Waals surface area (Å²) in [4.78, 5) is 2.41. The van der Waals surface area contributed by atoms with Gasteiger partial charge >= 0.3 is 0 Å². The number of rotatable bonds is 6. The standard InChI is InChI=1S/C16H26N2O/c1-18(8-5-14-6-9-19-10-7-14)13-16-4-2-3-15(11-16)12-17/h2-4,11,14H,5-10,12-13,17H2,1H3. The Bertz CT molecular complexity index is 375. The van der Waals surface area contributed by atoms with Crippen LogP contribution in [0, 0.1) is 5.92 Å². The molecule has 0 saturated carbocycles. The van der Waals surface area contributed by atoms with Gasteiger partial charge in [-0.1, -0.05) is 24.3 Å². The second-order valence-corrected chi connectivity index (χ2v) is 5.61. The molecule has 0 unspecified atom stereocenters. The molecule has 0 radical (unpaired) electrons. The number of ether oxygens (including phenoxy) is 1. The van der Waals surface area contributed by atoms with Gasteiger partial charge in [-0.2, -0.15) is 0 Å². The van der Waals surface area contributed by atoms with E-state index in [9.17, 15) is 0 Å². The van der Waals surface area contributed by atoms with Gasteiger partial charge in [0.15, 0.2) is 0 Å². The third-order valence-corrected chi connectivity index (χ3v) is 3.94. The quantitative estimate of drug-likeness (QED) is 0.855. The van der Waals surface area contributed by atoms with Crippen LogP contribution in [0.25, 0.3) is 0 Å². The Morgan fingerprint density at radius 3 is 2.74 bits per heavy atom. The van der Waals surface area contributed by atoms with E-state index in [0.29, 0.717) is 6.54 Å². The van der Waals surface area contributed by atoms with Gasteiger partial charge in [-0.25, -0.2) is 0 Å². The number of nitrogens with zero attached hydrogens (tertiary/aromatic N) is 1. The van der Waals surface area contributed by atoms with E-state index in [1.807, 2.05) is 0 Å². The van der Waals surface area contributed by atoms with Crippen molar-refractivity contribution >= 4 is 0 Å². The molecule has 1 aromatic rings. The van der Waals surface area contributed by atoms with Crippen molar-refractivity contribution in [2.24, 2.45) is 11.7 Å². The van der Waals surface area contributed by atoms with E-state index >= 15 is 0 Å². The zero-order valence-electron chi connectivity index (χ0n) is 12.0. The normalized spacial score (nSPS) is 17.0. The van der Waals surface area contributed by atoms with E-state index in [-0.39, 0.29) is 0 Å². The van der Waals surface area contributed by atoms with Crippen LogP contribution in [0.1, 0.15) is 30.4 Å². The average molecular weight is 262 g/mol. The Morgan fingerprint density at radius 2 is 2.00 bits per heavy atom. The smallest absolute Gasteiger partial charge is 0.0468 e. The highest BCUT2D eigenvalue weighted by molar-refractivity contribution is 5.23. The summed E-state index contributed by atoms with van der Waals surface area (Å²) in [5.41, 5.74) is 8.26. The van der Waals surface area contributed by atoms with Gasteiger partial charge in [-0.15, -0.1) is 0 Å². The minimum atomic E-state index is 0.625. The van der Waals surface area contributed by atoms with Gasteiger partial charge in [0.2, 0.25) is 0 Å². The molecular weight excluding hydrogens is 236 g/mol. The summed E-state index contributed by atoms with van der Waals surface area (Å²) in [6, 6.07) is 8.59. The molecule has 0 aromatic heterocycles. The summed E-state index contributed by atoms with van der Waals surface area (Å²) in [7, 11) is 2.20. The third-order valence-electron chi connectivity index (χ3n) is 3.94. The van der Waals surface area contributed by atoms with Gasteiger partial charge < -0.3 is 15.4 Å². The monoisotopic (exact) mass is 262 g/mol. The topological polar surface area (TPSA) is 38.5 Å². The molecule has 3 nitrogen and oxygen atoms in total. The Labute approximate surface area is 116 Å². The third kappa shape index (κ3) is 4.94. The summed E-state index contributed by atoms with van der Waals surface area (Å²) < 4.78 is 5.40. The van der Waals surface area contributed by atoms with Crippen LogP contribution < -0.4 is 5.73 Å². The molecule has 1 aliphatic heterocycles. The van der Waals surface area contributed by atoms with Crippen molar-refractivity contribution in [3.05, 3.63) is 35.4 Å². The Kier molecular flexibility index (Phi) is 5.83. The second-order valence-electron chi connectivity index (χ2n) is 5.61. The Morgan fingerprint density at radius 1 is 1.26 bits per heavy atom. The van der Waals surface area contributed by atoms with Crippen molar-refractivity contribution in [2.75, 3.05) is 26.8 Å². The van der Waals surface area contributed by atoms with Crippen molar-refractivity contribution < 1.29 is 4.74 Å². The molecule has 1 saturated heterocycles. The molecule has 0 atom stereocenters. The zero-order chi connectivity index (χ0) is 13.5. The first-order chi connectivity index (χ1) is 9.28. The lowest BCUT2D eigenvalue weighted by atomic mass is 9.96. The van der Waals surface area contributed by atoms with Crippen molar-refractivity contribution in [3.63, 3.8) is 0 Å². The summed E-state index contributed by atoms with van der Waals surface area (Å²) in [5.74, 6) is 0.853. The lowest BCUT2D eigenvalue weighted by molar-refractivity contribution is 0.0608. The van der Waals surface area contributed by atoms with E-state index in [0.717, 1.165) is 32.2 Å². The minimum Gasteiger partial charge on any atom is -0.381 e. The maximum atomic E-state index is 5.68. The van der Waals surface area contributed by atoms with Crippen LogP contribution in [-0.2, 0) is 17.8 Å². The van der Waals surface area contributed by atoms with Crippen molar-refractivity contribution in [1.29, 1.82) is 0 Å². The van der Waals surface area contributed by atoms with Crippen LogP contribution in [-0.4, -0.2) is 31.7 Å². The van der Waals surface area contributed by atoms with Crippen LogP contribution in [0.3, 0.4) is 0 Å². The molecular formula is C16H26N2O. The maximum absolute atomic E-state index is 5.68. The van der Waals surface area contributed by atoms with Gasteiger partial charge in [-0.3, -0.25) is 0 Å². The molecule has 0 spiro atoms. The maximum Gasteiger partial charge on any atom is 0.0468 e. The summed E-state index contributed by atoms with van der Waals surface area (Å²) in [5, 5.41) is 0. The van der Waals surface area contributed by atoms with E-state index in [4.69, 9.17) is 10.5 Å². The van der Waals surface area contributed by atoms with Gasteiger partial charge in [-0.05, 0) is 49.9 Å². The SMILES string of the molecule is CN(CCC1CCOCC1)Cc1cccc(CN)c1. The minimum absolute atomic E-state index is 0.625. The molecule has 0 aliphatic carbocycles. The van der Waals surface area contributed by atoms with E-state index in [2.05, 4.69) is 36.2 Å². The first-order valence-electron chi connectivity index (χ1n) is 7.32. The summed E-state index contributed by atoms with van der Waals surface area (Å²) in [6.45, 7) is 4.70. The van der Waals surface area contributed by atoms with Crippen molar-refractivity contribution in [2.45, 2.75) is 32.4 Å². The second kappa shape index (κ2) is 7.63. The largest absolute Gasteiger partial charge is 0.381 e. The number of hydrogen-bond donors (Lipinski definition) is 1. The molecule has 106 valence electrons. The van der Waals surface area contributed by atoms with Crippen LogP contribution in [0.4, 0.5) is 0 Å². The van der Waals surface area contributed by atoms with Gasteiger partial charge in [0.05, 0.1) is 0 Å². The van der Waals surface area contributed by atoms with Crippen LogP contribution >= 0.6 is 0 Å². The Hall–Kier alpha value is -0.900. The first-order valence-corrected chi connectivity index (χ1v) is 7.32. The van der Waals surface area contributed by atoms with Crippen LogP contribution in [0.5, 0.6) is 0 Å². The van der Waals surface area contributed by atoms with E-state index in [1.54, 1.807) is 0 Å². The molecule has 1 heterocycles. The number of nitrogens with two attached hydrogens (primary N) is 1. The van der Waals surface area contributed by atoms with Crippen LogP contribution in [0.15, 0.2) is 24.3 Å². The van der Waals surface area contributed by atoms with Crippen LogP contribution in [0.2, 0.25) is 0 Å². The molecule has 1 aliphatic rings. The predicted molar refractivity (Wildman–Crippen MR) is 78.8 cm³/mol. The fourth-order valence-electron chi connectivity index (χ4n) is 2.68. The highest BCUT2D eigenvalue weighted by Crippen LogP contribution is 2.19. The number of benzene rings is 1. The molecule has 1 aromatic carbocycles. The van der Waals surface area contributed by atoms with Gasteiger partial charge in [0, 0.05) is 26.3 Å². The lowest BCUT2D eigenvalue weighted by Gasteiger charge is -2.25. The lowest BCUT2D eigenvalue weighted by Crippen LogP contribution is -2.24. The molecule has 1 fully saturated rings. The molecule has 0 bridgehead atoms. The average Bonchev–Trinajstić information content (AvgIpc) is 2.46. The Balaban J connectivity index is 1.75. The molecule has 3 heteroatoms. The summed E-state index contributed by atoms with van der Waals surface area (Å²) >= 11 is 0.